The zero-order valence-electron chi connectivity index (χ0n) is 20.7. The monoisotopic (exact) mass is 513 g/mol. The van der Waals surface area contributed by atoms with Gasteiger partial charge in [0.15, 0.2) is 0 Å². The van der Waals surface area contributed by atoms with Crippen LogP contribution in [0.4, 0.5) is 0 Å². The van der Waals surface area contributed by atoms with E-state index < -0.39 is 0 Å². The van der Waals surface area contributed by atoms with E-state index in [1.54, 1.807) is 29.8 Å². The Morgan fingerprint density at radius 2 is 1.81 bits per heavy atom. The fourth-order valence-electron chi connectivity index (χ4n) is 5.27. The molecule has 2 heterocycles. The van der Waals surface area contributed by atoms with E-state index >= 15 is 0 Å². The molecule has 1 aliphatic rings. The molecule has 1 saturated carbocycles. The number of aryl methyl sites for hydroxylation is 1. The van der Waals surface area contributed by atoms with Crippen LogP contribution in [0.25, 0.3) is 11.0 Å². The highest BCUT2D eigenvalue weighted by Gasteiger charge is 2.25. The van der Waals surface area contributed by atoms with E-state index in [1.807, 2.05) is 47.0 Å². The van der Waals surface area contributed by atoms with Crippen molar-refractivity contribution in [1.82, 2.24) is 19.4 Å². The van der Waals surface area contributed by atoms with Gasteiger partial charge in [-0.15, -0.1) is 0 Å². The molecule has 0 spiro atoms. The molecule has 0 atom stereocenters. The summed E-state index contributed by atoms with van der Waals surface area (Å²) in [7, 11) is 0. The average Bonchev–Trinajstić information content (AvgIpc) is 3.17. The summed E-state index contributed by atoms with van der Waals surface area (Å²) in [5.74, 6) is 0.206. The highest BCUT2D eigenvalue weighted by atomic mass is 35.5. The lowest BCUT2D eigenvalue weighted by Gasteiger charge is -2.29. The Balaban J connectivity index is 1.29. The maximum atomic E-state index is 13.5. The molecule has 4 aromatic rings. The van der Waals surface area contributed by atoms with Gasteiger partial charge in [-0.3, -0.25) is 18.9 Å². The van der Waals surface area contributed by atoms with Gasteiger partial charge in [0, 0.05) is 18.8 Å². The summed E-state index contributed by atoms with van der Waals surface area (Å²) in [5.41, 5.74) is 4.44. The maximum absolute atomic E-state index is 13.5. The number of pyridine rings is 1. The third-order valence-electron chi connectivity index (χ3n) is 7.24. The number of hydrogen-bond donors (Lipinski definition) is 1. The van der Waals surface area contributed by atoms with Crippen LogP contribution in [0.2, 0.25) is 5.02 Å². The normalized spacial score (nSPS) is 17.4. The van der Waals surface area contributed by atoms with Crippen LogP contribution in [-0.2, 0) is 13.1 Å². The number of nitriles is 1. The van der Waals surface area contributed by atoms with E-state index in [0.717, 1.165) is 42.3 Å². The third-order valence-corrected chi connectivity index (χ3v) is 7.45. The molecule has 5 rings (SSSR count). The van der Waals surface area contributed by atoms with Crippen molar-refractivity contribution in [3.63, 3.8) is 0 Å². The molecule has 0 bridgehead atoms. The number of para-hydroxylation sites is 2. The third kappa shape index (κ3) is 5.30. The van der Waals surface area contributed by atoms with Crippen LogP contribution in [0, 0.1) is 24.2 Å². The molecular weight excluding hydrogens is 486 g/mol. The molecule has 0 radical (unpaired) electrons. The maximum Gasteiger partial charge on any atom is 0.329 e. The Labute approximate surface area is 220 Å². The Morgan fingerprint density at radius 3 is 2.54 bits per heavy atom. The van der Waals surface area contributed by atoms with Crippen molar-refractivity contribution >= 4 is 28.5 Å². The molecule has 8 heteroatoms. The number of hydrogen-bond acceptors (Lipinski definition) is 4. The van der Waals surface area contributed by atoms with Crippen molar-refractivity contribution < 1.29 is 4.79 Å². The van der Waals surface area contributed by atoms with Crippen molar-refractivity contribution in [2.75, 3.05) is 0 Å². The van der Waals surface area contributed by atoms with Gasteiger partial charge >= 0.3 is 5.69 Å². The number of carbonyl (C=O) groups excluding carboxylic acids is 1. The second kappa shape index (κ2) is 10.6. The summed E-state index contributed by atoms with van der Waals surface area (Å²) in [4.78, 5) is 30.5. The van der Waals surface area contributed by atoms with Crippen LogP contribution < -0.4 is 11.0 Å². The molecule has 2 aromatic carbocycles. The van der Waals surface area contributed by atoms with Crippen molar-refractivity contribution in [3.8, 4) is 6.07 Å². The molecule has 37 heavy (non-hydrogen) atoms. The van der Waals surface area contributed by atoms with Crippen LogP contribution >= 0.6 is 11.6 Å². The smallest absolute Gasteiger partial charge is 0.329 e. The van der Waals surface area contributed by atoms with Crippen LogP contribution in [-0.4, -0.2) is 26.1 Å². The number of halogens is 1. The molecule has 1 amide bonds. The Kier molecular flexibility index (Phi) is 7.11. The average molecular weight is 514 g/mol. The molecule has 0 unspecified atom stereocenters. The van der Waals surface area contributed by atoms with Gasteiger partial charge in [-0.25, -0.2) is 4.79 Å². The van der Waals surface area contributed by atoms with E-state index in [1.165, 1.54) is 0 Å². The number of amides is 1. The lowest BCUT2D eigenvalue weighted by atomic mass is 9.85. The fraction of sp³-hybridized carbons (Fsp3) is 0.310. The van der Waals surface area contributed by atoms with Gasteiger partial charge in [0.05, 0.1) is 45.5 Å². The summed E-state index contributed by atoms with van der Waals surface area (Å²) < 4.78 is 3.67. The number of imidazole rings is 1. The second-order valence-corrected chi connectivity index (χ2v) is 10.2. The van der Waals surface area contributed by atoms with Crippen molar-refractivity contribution in [3.05, 3.63) is 98.7 Å². The molecule has 0 aliphatic heterocycles. The Hall–Kier alpha value is -3.89. The topological polar surface area (TPSA) is 92.7 Å². The lowest BCUT2D eigenvalue weighted by Crippen LogP contribution is -2.39. The molecular formula is C29H28ClN5O2. The predicted octanol–water partition coefficient (Wildman–Crippen LogP) is 5.07. The highest BCUT2D eigenvalue weighted by Crippen LogP contribution is 2.27. The number of benzene rings is 2. The molecule has 1 N–H and O–H groups in total. The lowest BCUT2D eigenvalue weighted by molar-refractivity contribution is 0.0919. The summed E-state index contributed by atoms with van der Waals surface area (Å²) in [6.07, 6.45) is 5.11. The minimum absolute atomic E-state index is 0.0390. The molecule has 0 saturated heterocycles. The first kappa shape index (κ1) is 24.8. The van der Waals surface area contributed by atoms with Gasteiger partial charge in [0.2, 0.25) is 0 Å². The van der Waals surface area contributed by atoms with Gasteiger partial charge < -0.3 is 5.32 Å². The number of nitrogens with one attached hydrogen (secondary N) is 1. The Bertz CT molecular complexity index is 1560. The minimum atomic E-state index is -0.143. The first-order chi connectivity index (χ1) is 17.9. The quantitative estimate of drug-likeness (QED) is 0.389. The van der Waals surface area contributed by atoms with Crippen molar-refractivity contribution in [1.29, 1.82) is 5.26 Å². The number of aromatic nitrogens is 3. The summed E-state index contributed by atoms with van der Waals surface area (Å²) in [6.45, 7) is 2.86. The van der Waals surface area contributed by atoms with Gasteiger partial charge in [-0.2, -0.15) is 5.26 Å². The number of rotatable bonds is 6. The summed E-state index contributed by atoms with van der Waals surface area (Å²) in [5, 5.41) is 12.8. The molecule has 1 aliphatic carbocycles. The van der Waals surface area contributed by atoms with E-state index in [2.05, 4.69) is 16.4 Å². The van der Waals surface area contributed by atoms with Gasteiger partial charge in [0.25, 0.3) is 5.91 Å². The van der Waals surface area contributed by atoms with Crippen LogP contribution in [0.3, 0.4) is 0 Å². The van der Waals surface area contributed by atoms with E-state index in [9.17, 15) is 14.9 Å². The van der Waals surface area contributed by atoms with Gasteiger partial charge in [-0.1, -0.05) is 35.9 Å². The molecule has 7 nitrogen and oxygen atoms in total. The van der Waals surface area contributed by atoms with Crippen LogP contribution in [0.1, 0.15) is 52.9 Å². The molecule has 2 aromatic heterocycles. The molecule has 188 valence electrons. The van der Waals surface area contributed by atoms with E-state index in [4.69, 9.17) is 11.6 Å². The number of carbonyl (C=O) groups is 1. The Morgan fingerprint density at radius 1 is 1.08 bits per heavy atom. The van der Waals surface area contributed by atoms with Gasteiger partial charge in [-0.05, 0) is 74.4 Å². The van der Waals surface area contributed by atoms with E-state index in [-0.39, 0.29) is 17.6 Å². The minimum Gasteiger partial charge on any atom is -0.349 e. The SMILES string of the molecule is Cc1ncc(Cl)cc1C(=O)NC1CCC(Cn2c(=O)n(Cc3cccc(C#N)c3)c3ccccc32)CC1. The standard InChI is InChI=1S/C29H28ClN5O2/c1-19-25(14-23(30)16-32-19)28(36)33-24-11-9-20(10-12-24)17-34-26-7-2-3-8-27(26)35(29(34)37)18-22-6-4-5-21(13-22)15-31/h2-8,13-14,16,20,24H,9-12,17-18H2,1H3,(H,33,36). The summed E-state index contributed by atoms with van der Waals surface area (Å²) in [6, 6.07) is 19.2. The number of fused-ring (bicyclic) bond motifs is 1. The van der Waals surface area contributed by atoms with Crippen molar-refractivity contribution in [2.24, 2.45) is 5.92 Å². The highest BCUT2D eigenvalue weighted by molar-refractivity contribution is 6.30. The van der Waals surface area contributed by atoms with E-state index in [0.29, 0.717) is 40.9 Å². The van der Waals surface area contributed by atoms with Crippen LogP contribution in [0.15, 0.2) is 65.6 Å². The second-order valence-electron chi connectivity index (χ2n) is 9.76. The van der Waals surface area contributed by atoms with Crippen LogP contribution in [0.5, 0.6) is 0 Å². The van der Waals surface area contributed by atoms with Gasteiger partial charge in [0.1, 0.15) is 0 Å². The molecule has 1 fully saturated rings. The summed E-state index contributed by atoms with van der Waals surface area (Å²) >= 11 is 6.03. The predicted molar refractivity (Wildman–Crippen MR) is 144 cm³/mol. The zero-order valence-corrected chi connectivity index (χ0v) is 21.4. The number of nitrogens with zero attached hydrogens (tertiary/aromatic N) is 4. The zero-order chi connectivity index (χ0) is 25.9. The first-order valence-electron chi connectivity index (χ1n) is 12.5. The first-order valence-corrected chi connectivity index (χ1v) is 12.9. The fourth-order valence-corrected chi connectivity index (χ4v) is 5.43. The largest absolute Gasteiger partial charge is 0.349 e. The van der Waals surface area contributed by atoms with Crippen molar-refractivity contribution in [2.45, 2.75) is 51.7 Å².